The van der Waals surface area contributed by atoms with Gasteiger partial charge in [-0.05, 0) is 19.4 Å². The molecule has 0 amide bonds. The first-order valence-electron chi connectivity index (χ1n) is 4.78. The van der Waals surface area contributed by atoms with Crippen LogP contribution in [0.1, 0.15) is 23.6 Å². The Morgan fingerprint density at radius 3 is 2.86 bits per heavy atom. The van der Waals surface area contributed by atoms with Crippen LogP contribution in [0.15, 0.2) is 6.07 Å². The molecular formula is C10H17N3O. The van der Waals surface area contributed by atoms with Crippen molar-refractivity contribution >= 4 is 0 Å². The van der Waals surface area contributed by atoms with E-state index >= 15 is 0 Å². The maximum absolute atomic E-state index is 5.53. The van der Waals surface area contributed by atoms with Gasteiger partial charge in [-0.2, -0.15) is 0 Å². The predicted molar refractivity (Wildman–Crippen MR) is 54.9 cm³/mol. The van der Waals surface area contributed by atoms with Crippen molar-refractivity contribution in [3.63, 3.8) is 0 Å². The molecule has 0 spiro atoms. The van der Waals surface area contributed by atoms with Gasteiger partial charge in [0, 0.05) is 32.4 Å². The summed E-state index contributed by atoms with van der Waals surface area (Å²) >= 11 is 0. The van der Waals surface area contributed by atoms with Gasteiger partial charge in [0.1, 0.15) is 5.82 Å². The lowest BCUT2D eigenvalue weighted by atomic mass is 10.2. The molecule has 0 atom stereocenters. The van der Waals surface area contributed by atoms with Gasteiger partial charge in [0.15, 0.2) is 0 Å². The maximum atomic E-state index is 5.53. The minimum atomic E-state index is 0.473. The van der Waals surface area contributed by atoms with Crippen molar-refractivity contribution in [1.82, 2.24) is 9.97 Å². The van der Waals surface area contributed by atoms with Crippen molar-refractivity contribution in [3.8, 4) is 0 Å². The molecule has 2 N–H and O–H groups in total. The van der Waals surface area contributed by atoms with E-state index in [-0.39, 0.29) is 0 Å². The van der Waals surface area contributed by atoms with Crippen molar-refractivity contribution in [2.45, 2.75) is 26.3 Å². The summed E-state index contributed by atoms with van der Waals surface area (Å²) in [7, 11) is 1.70. The number of methoxy groups -OCH3 is 1. The highest BCUT2D eigenvalue weighted by Gasteiger charge is 2.00. The Hall–Kier alpha value is -1.00. The molecule has 0 aliphatic carbocycles. The van der Waals surface area contributed by atoms with Crippen LogP contribution in [0.2, 0.25) is 0 Å². The molecular weight excluding hydrogens is 178 g/mol. The second-order valence-corrected chi connectivity index (χ2v) is 3.22. The largest absolute Gasteiger partial charge is 0.385 e. The second kappa shape index (κ2) is 5.67. The van der Waals surface area contributed by atoms with Gasteiger partial charge in [-0.25, -0.2) is 9.97 Å². The molecule has 0 saturated carbocycles. The molecule has 0 bridgehead atoms. The Kier molecular flexibility index (Phi) is 4.49. The quantitative estimate of drug-likeness (QED) is 0.707. The molecule has 4 heteroatoms. The normalized spacial score (nSPS) is 10.5. The highest BCUT2D eigenvalue weighted by molar-refractivity contribution is 5.09. The standard InChI is InChI=1S/C10H17N3O/c1-8-6-9(7-11)13-10(12-8)4-3-5-14-2/h6H,3-5,7,11H2,1-2H3. The van der Waals surface area contributed by atoms with Crippen LogP contribution >= 0.6 is 0 Å². The number of hydrogen-bond acceptors (Lipinski definition) is 4. The molecule has 78 valence electrons. The predicted octanol–water partition coefficient (Wildman–Crippen LogP) is 0.823. The van der Waals surface area contributed by atoms with Crippen LogP contribution < -0.4 is 5.73 Å². The molecule has 1 aromatic heterocycles. The molecule has 0 saturated heterocycles. The smallest absolute Gasteiger partial charge is 0.128 e. The Labute approximate surface area is 84.5 Å². The molecule has 1 rings (SSSR count). The summed E-state index contributed by atoms with van der Waals surface area (Å²) in [5, 5.41) is 0. The van der Waals surface area contributed by atoms with Gasteiger partial charge < -0.3 is 10.5 Å². The zero-order valence-electron chi connectivity index (χ0n) is 8.79. The van der Waals surface area contributed by atoms with Gasteiger partial charge in [-0.15, -0.1) is 0 Å². The molecule has 0 aliphatic rings. The van der Waals surface area contributed by atoms with Gasteiger partial charge in [0.25, 0.3) is 0 Å². The van der Waals surface area contributed by atoms with Crippen molar-refractivity contribution < 1.29 is 4.74 Å². The molecule has 1 heterocycles. The Morgan fingerprint density at radius 1 is 1.43 bits per heavy atom. The Balaban J connectivity index is 2.62. The molecule has 0 radical (unpaired) electrons. The first-order valence-corrected chi connectivity index (χ1v) is 4.78. The van der Waals surface area contributed by atoms with Crippen LogP contribution in [0, 0.1) is 6.92 Å². The number of rotatable bonds is 5. The fraction of sp³-hybridized carbons (Fsp3) is 0.600. The van der Waals surface area contributed by atoms with Gasteiger partial charge >= 0.3 is 0 Å². The van der Waals surface area contributed by atoms with Crippen LogP contribution in [-0.2, 0) is 17.7 Å². The van der Waals surface area contributed by atoms with Crippen LogP contribution in [0.4, 0.5) is 0 Å². The summed E-state index contributed by atoms with van der Waals surface area (Å²) in [5.74, 6) is 0.863. The molecule has 1 aromatic rings. The van der Waals surface area contributed by atoms with Crippen molar-refractivity contribution in [2.75, 3.05) is 13.7 Å². The number of nitrogens with two attached hydrogens (primary N) is 1. The highest BCUT2D eigenvalue weighted by Crippen LogP contribution is 2.02. The number of aryl methyl sites for hydroxylation is 2. The lowest BCUT2D eigenvalue weighted by Gasteiger charge is -2.03. The van der Waals surface area contributed by atoms with Gasteiger partial charge in [0.2, 0.25) is 0 Å². The van der Waals surface area contributed by atoms with E-state index in [1.165, 1.54) is 0 Å². The maximum Gasteiger partial charge on any atom is 0.128 e. The van der Waals surface area contributed by atoms with Crippen LogP contribution in [0.3, 0.4) is 0 Å². The average Bonchev–Trinajstić information content (AvgIpc) is 2.17. The molecule has 14 heavy (non-hydrogen) atoms. The molecule has 0 unspecified atom stereocenters. The van der Waals surface area contributed by atoms with Gasteiger partial charge in [0.05, 0.1) is 5.69 Å². The Morgan fingerprint density at radius 2 is 2.21 bits per heavy atom. The summed E-state index contributed by atoms with van der Waals surface area (Å²) < 4.78 is 4.97. The number of hydrogen-bond donors (Lipinski definition) is 1. The fourth-order valence-electron chi connectivity index (χ4n) is 1.29. The van der Waals surface area contributed by atoms with Gasteiger partial charge in [-0.3, -0.25) is 0 Å². The zero-order valence-corrected chi connectivity index (χ0v) is 8.79. The lowest BCUT2D eigenvalue weighted by Crippen LogP contribution is -2.06. The number of nitrogens with zero attached hydrogens (tertiary/aromatic N) is 2. The van der Waals surface area contributed by atoms with E-state index in [2.05, 4.69) is 9.97 Å². The third kappa shape index (κ3) is 3.40. The summed E-state index contributed by atoms with van der Waals surface area (Å²) in [5.41, 5.74) is 7.41. The summed E-state index contributed by atoms with van der Waals surface area (Å²) in [4.78, 5) is 8.66. The summed E-state index contributed by atoms with van der Waals surface area (Å²) in [6, 6.07) is 1.92. The highest BCUT2D eigenvalue weighted by atomic mass is 16.5. The van der Waals surface area contributed by atoms with Crippen molar-refractivity contribution in [3.05, 3.63) is 23.3 Å². The minimum absolute atomic E-state index is 0.473. The lowest BCUT2D eigenvalue weighted by molar-refractivity contribution is 0.194. The van der Waals surface area contributed by atoms with Gasteiger partial charge in [-0.1, -0.05) is 0 Å². The van der Waals surface area contributed by atoms with E-state index in [4.69, 9.17) is 10.5 Å². The monoisotopic (exact) mass is 195 g/mol. The van der Waals surface area contributed by atoms with Crippen molar-refractivity contribution in [2.24, 2.45) is 5.73 Å². The van der Waals surface area contributed by atoms with E-state index in [1.807, 2.05) is 13.0 Å². The third-order valence-corrected chi connectivity index (χ3v) is 1.91. The number of ether oxygens (including phenoxy) is 1. The molecule has 0 aliphatic heterocycles. The molecule has 0 fully saturated rings. The van der Waals surface area contributed by atoms with E-state index in [1.54, 1.807) is 7.11 Å². The Bertz CT molecular complexity index is 289. The first-order chi connectivity index (χ1) is 6.76. The van der Waals surface area contributed by atoms with Crippen LogP contribution in [0.5, 0.6) is 0 Å². The van der Waals surface area contributed by atoms with E-state index < -0.39 is 0 Å². The second-order valence-electron chi connectivity index (χ2n) is 3.22. The van der Waals surface area contributed by atoms with E-state index in [0.29, 0.717) is 6.54 Å². The molecule has 0 aromatic carbocycles. The van der Waals surface area contributed by atoms with Crippen LogP contribution in [0.25, 0.3) is 0 Å². The zero-order chi connectivity index (χ0) is 10.4. The third-order valence-electron chi connectivity index (χ3n) is 1.91. The fourth-order valence-corrected chi connectivity index (χ4v) is 1.29. The van der Waals surface area contributed by atoms with E-state index in [0.717, 1.165) is 36.7 Å². The summed E-state index contributed by atoms with van der Waals surface area (Å²) in [6.07, 6.45) is 1.80. The minimum Gasteiger partial charge on any atom is -0.385 e. The average molecular weight is 195 g/mol. The van der Waals surface area contributed by atoms with Crippen LogP contribution in [-0.4, -0.2) is 23.7 Å². The SMILES string of the molecule is COCCCc1nc(C)cc(CN)n1. The topological polar surface area (TPSA) is 61.0 Å². The van der Waals surface area contributed by atoms with Crippen molar-refractivity contribution in [1.29, 1.82) is 0 Å². The first kappa shape index (κ1) is 11.1. The summed E-state index contributed by atoms with van der Waals surface area (Å²) in [6.45, 7) is 3.18. The number of aromatic nitrogens is 2. The molecule has 4 nitrogen and oxygen atoms in total. The van der Waals surface area contributed by atoms with E-state index in [9.17, 15) is 0 Å².